The van der Waals surface area contributed by atoms with Gasteiger partial charge in [-0.15, -0.1) is 0 Å². The molecule has 6 heteroatoms. The maximum Gasteiger partial charge on any atom is 0.325 e. The van der Waals surface area contributed by atoms with Gasteiger partial charge in [-0.2, -0.15) is 0 Å². The maximum absolute atomic E-state index is 12.9. The fourth-order valence-electron chi connectivity index (χ4n) is 3.89. The van der Waals surface area contributed by atoms with E-state index in [1.54, 1.807) is 6.92 Å². The van der Waals surface area contributed by atoms with E-state index in [-0.39, 0.29) is 24.4 Å². The molecule has 1 fully saturated rings. The summed E-state index contributed by atoms with van der Waals surface area (Å²) >= 11 is 0. The molecule has 0 saturated carbocycles. The van der Waals surface area contributed by atoms with Crippen molar-refractivity contribution in [2.24, 2.45) is 0 Å². The SMILES string of the molecule is CCC[C@@H](C)NC(=O)CN1C(=O)N[C@@](C)(c2ccc3c(c2)CCC3)C1=O. The molecule has 0 spiro atoms. The number of carbonyl (C=O) groups excluding carboxylic acids is 3. The summed E-state index contributed by atoms with van der Waals surface area (Å²) < 4.78 is 0. The second-order valence-corrected chi connectivity index (χ2v) is 7.54. The molecule has 0 aromatic heterocycles. The van der Waals surface area contributed by atoms with Gasteiger partial charge in [-0.3, -0.25) is 14.5 Å². The molecule has 1 heterocycles. The Hall–Kier alpha value is -2.37. The number of urea groups is 1. The van der Waals surface area contributed by atoms with Gasteiger partial charge in [-0.1, -0.05) is 31.5 Å². The summed E-state index contributed by atoms with van der Waals surface area (Å²) in [5, 5.41) is 5.62. The van der Waals surface area contributed by atoms with E-state index in [0.29, 0.717) is 0 Å². The molecule has 6 nitrogen and oxygen atoms in total. The largest absolute Gasteiger partial charge is 0.352 e. The molecule has 0 bridgehead atoms. The molecule has 3 rings (SSSR count). The first-order chi connectivity index (χ1) is 12.3. The lowest BCUT2D eigenvalue weighted by Crippen LogP contribution is -2.45. The summed E-state index contributed by atoms with van der Waals surface area (Å²) in [5.41, 5.74) is 2.22. The number of hydrogen-bond acceptors (Lipinski definition) is 3. The van der Waals surface area contributed by atoms with E-state index < -0.39 is 11.6 Å². The maximum atomic E-state index is 12.9. The van der Waals surface area contributed by atoms with Crippen LogP contribution in [0.25, 0.3) is 0 Å². The highest BCUT2D eigenvalue weighted by Crippen LogP contribution is 2.32. The van der Waals surface area contributed by atoms with Crippen molar-refractivity contribution in [3.05, 3.63) is 34.9 Å². The fraction of sp³-hybridized carbons (Fsp3) is 0.550. The predicted molar refractivity (Wildman–Crippen MR) is 98.6 cm³/mol. The van der Waals surface area contributed by atoms with Gasteiger partial charge in [0.05, 0.1) is 0 Å². The van der Waals surface area contributed by atoms with Gasteiger partial charge in [-0.25, -0.2) is 4.79 Å². The molecule has 4 amide bonds. The molecular weight excluding hydrogens is 330 g/mol. The van der Waals surface area contributed by atoms with Gasteiger partial charge < -0.3 is 10.6 Å². The number of hydrogen-bond donors (Lipinski definition) is 2. The Labute approximate surface area is 154 Å². The van der Waals surface area contributed by atoms with Gasteiger partial charge >= 0.3 is 6.03 Å². The van der Waals surface area contributed by atoms with E-state index >= 15 is 0 Å². The van der Waals surface area contributed by atoms with Crippen LogP contribution in [0, 0.1) is 0 Å². The average Bonchev–Trinajstić information content (AvgIpc) is 3.13. The van der Waals surface area contributed by atoms with Crippen molar-refractivity contribution >= 4 is 17.8 Å². The first-order valence-electron chi connectivity index (χ1n) is 9.41. The first-order valence-corrected chi connectivity index (χ1v) is 9.41. The van der Waals surface area contributed by atoms with Crippen molar-refractivity contribution in [2.75, 3.05) is 6.54 Å². The average molecular weight is 357 g/mol. The number of amides is 4. The fourth-order valence-corrected chi connectivity index (χ4v) is 3.89. The van der Waals surface area contributed by atoms with Crippen LogP contribution in [0.5, 0.6) is 0 Å². The zero-order valence-corrected chi connectivity index (χ0v) is 15.7. The molecule has 0 radical (unpaired) electrons. The lowest BCUT2D eigenvalue weighted by atomic mass is 9.89. The van der Waals surface area contributed by atoms with Gasteiger partial charge in [0.25, 0.3) is 5.91 Å². The topological polar surface area (TPSA) is 78.5 Å². The van der Waals surface area contributed by atoms with Gasteiger partial charge in [0.15, 0.2) is 0 Å². The minimum Gasteiger partial charge on any atom is -0.352 e. The van der Waals surface area contributed by atoms with Crippen LogP contribution in [0.15, 0.2) is 18.2 Å². The Morgan fingerprint density at radius 2 is 2.04 bits per heavy atom. The monoisotopic (exact) mass is 357 g/mol. The summed E-state index contributed by atoms with van der Waals surface area (Å²) in [5.74, 6) is -0.689. The number of nitrogens with one attached hydrogen (secondary N) is 2. The van der Waals surface area contributed by atoms with Gasteiger partial charge in [0, 0.05) is 6.04 Å². The van der Waals surface area contributed by atoms with Crippen molar-refractivity contribution < 1.29 is 14.4 Å². The van der Waals surface area contributed by atoms with Crippen LogP contribution in [0.3, 0.4) is 0 Å². The van der Waals surface area contributed by atoms with E-state index in [1.807, 2.05) is 32.0 Å². The number of nitrogens with zero attached hydrogens (tertiary/aromatic N) is 1. The molecule has 1 aromatic rings. The van der Waals surface area contributed by atoms with E-state index in [0.717, 1.165) is 42.6 Å². The Kier molecular flexibility index (Phi) is 5.03. The molecule has 1 aliphatic carbocycles. The first kappa shape index (κ1) is 18.4. The summed E-state index contributed by atoms with van der Waals surface area (Å²) in [6, 6.07) is 5.49. The molecule has 2 aliphatic rings. The van der Waals surface area contributed by atoms with E-state index in [2.05, 4.69) is 10.6 Å². The van der Waals surface area contributed by atoms with Crippen molar-refractivity contribution in [1.29, 1.82) is 0 Å². The van der Waals surface area contributed by atoms with Crippen LogP contribution in [-0.4, -0.2) is 35.3 Å². The molecule has 26 heavy (non-hydrogen) atoms. The standard InChI is InChI=1S/C20H27N3O3/c1-4-6-13(2)21-17(24)12-23-18(25)20(3,22-19(23)26)16-10-9-14-7-5-8-15(14)11-16/h9-11,13H,4-8,12H2,1-3H3,(H,21,24)(H,22,26)/t13-,20+/m1/s1. The molecule has 1 aliphatic heterocycles. The van der Waals surface area contributed by atoms with Crippen molar-refractivity contribution in [1.82, 2.24) is 15.5 Å². The van der Waals surface area contributed by atoms with Crippen LogP contribution in [-0.2, 0) is 28.0 Å². The number of aryl methyl sites for hydroxylation is 2. The molecular formula is C20H27N3O3. The van der Waals surface area contributed by atoms with Crippen LogP contribution >= 0.6 is 0 Å². The third-order valence-corrected chi connectivity index (χ3v) is 5.38. The summed E-state index contributed by atoms with van der Waals surface area (Å²) in [7, 11) is 0. The molecule has 0 unspecified atom stereocenters. The number of benzene rings is 1. The van der Waals surface area contributed by atoms with Crippen LogP contribution in [0.1, 0.15) is 56.7 Å². The van der Waals surface area contributed by atoms with Crippen LogP contribution in [0.2, 0.25) is 0 Å². The van der Waals surface area contributed by atoms with Gasteiger partial charge in [0.1, 0.15) is 12.1 Å². The number of fused-ring (bicyclic) bond motifs is 1. The highest BCUT2D eigenvalue weighted by atomic mass is 16.2. The van der Waals surface area contributed by atoms with E-state index in [1.165, 1.54) is 11.1 Å². The number of carbonyl (C=O) groups is 3. The molecule has 2 N–H and O–H groups in total. The Morgan fingerprint density at radius 1 is 1.31 bits per heavy atom. The Morgan fingerprint density at radius 3 is 2.77 bits per heavy atom. The van der Waals surface area contributed by atoms with Crippen molar-refractivity contribution in [3.8, 4) is 0 Å². The zero-order valence-electron chi connectivity index (χ0n) is 15.7. The summed E-state index contributed by atoms with van der Waals surface area (Å²) in [4.78, 5) is 38.5. The number of rotatable bonds is 6. The van der Waals surface area contributed by atoms with E-state index in [4.69, 9.17) is 0 Å². The molecule has 140 valence electrons. The van der Waals surface area contributed by atoms with Gasteiger partial charge in [-0.05, 0) is 56.2 Å². The predicted octanol–water partition coefficient (Wildman–Crippen LogP) is 2.25. The molecule has 1 aromatic carbocycles. The highest BCUT2D eigenvalue weighted by molar-refractivity contribution is 6.09. The van der Waals surface area contributed by atoms with E-state index in [9.17, 15) is 14.4 Å². The minimum absolute atomic E-state index is 0.0244. The Bertz CT molecular complexity index is 746. The summed E-state index contributed by atoms with van der Waals surface area (Å²) in [6.45, 7) is 5.42. The van der Waals surface area contributed by atoms with Crippen molar-refractivity contribution in [2.45, 2.75) is 64.5 Å². The minimum atomic E-state index is -1.12. The second kappa shape index (κ2) is 7.09. The smallest absolute Gasteiger partial charge is 0.325 e. The summed E-state index contributed by atoms with van der Waals surface area (Å²) in [6.07, 6.45) is 5.01. The third kappa shape index (κ3) is 3.32. The highest BCUT2D eigenvalue weighted by Gasteiger charge is 2.49. The van der Waals surface area contributed by atoms with Gasteiger partial charge in [0.2, 0.25) is 5.91 Å². The normalized spacial score (nSPS) is 23.0. The zero-order chi connectivity index (χ0) is 18.9. The van der Waals surface area contributed by atoms with Crippen LogP contribution < -0.4 is 10.6 Å². The lowest BCUT2D eigenvalue weighted by Gasteiger charge is -2.23. The second-order valence-electron chi connectivity index (χ2n) is 7.54. The van der Waals surface area contributed by atoms with Crippen molar-refractivity contribution in [3.63, 3.8) is 0 Å². The third-order valence-electron chi connectivity index (χ3n) is 5.38. The molecule has 1 saturated heterocycles. The quantitative estimate of drug-likeness (QED) is 0.767. The number of imide groups is 1. The molecule has 2 atom stereocenters. The lowest BCUT2D eigenvalue weighted by molar-refractivity contribution is -0.135. The Balaban J connectivity index is 1.74. The van der Waals surface area contributed by atoms with Crippen LogP contribution in [0.4, 0.5) is 4.79 Å².